The highest BCUT2D eigenvalue weighted by Gasteiger charge is 2.18. The average Bonchev–Trinajstić information content (AvgIpc) is 2.25. The monoisotopic (exact) mass is 259 g/mol. The maximum Gasteiger partial charge on any atom is 0.161 e. The van der Waals surface area contributed by atoms with Crippen molar-refractivity contribution in [3.63, 3.8) is 0 Å². The SMILES string of the molecule is Cc1cc(F)cc(-c2nc(N)cc(C(C)(C)C)n2)c1. The third kappa shape index (κ3) is 3.08. The number of hydrogen-bond donors (Lipinski definition) is 1. The molecule has 0 spiro atoms. The molecule has 0 atom stereocenters. The number of halogens is 1. The third-order valence-corrected chi connectivity index (χ3v) is 2.81. The topological polar surface area (TPSA) is 51.8 Å². The van der Waals surface area contributed by atoms with Crippen molar-refractivity contribution < 1.29 is 4.39 Å². The van der Waals surface area contributed by atoms with Gasteiger partial charge in [-0.3, -0.25) is 0 Å². The smallest absolute Gasteiger partial charge is 0.161 e. The summed E-state index contributed by atoms with van der Waals surface area (Å²) in [6, 6.07) is 6.51. The van der Waals surface area contributed by atoms with Crippen molar-refractivity contribution in [3.8, 4) is 11.4 Å². The normalized spacial score (nSPS) is 11.6. The zero-order chi connectivity index (χ0) is 14.2. The highest BCUT2D eigenvalue weighted by atomic mass is 19.1. The lowest BCUT2D eigenvalue weighted by Gasteiger charge is -2.18. The summed E-state index contributed by atoms with van der Waals surface area (Å²) in [5.41, 5.74) is 8.02. The second kappa shape index (κ2) is 4.61. The summed E-state index contributed by atoms with van der Waals surface area (Å²) in [5, 5.41) is 0. The van der Waals surface area contributed by atoms with Crippen molar-refractivity contribution in [3.05, 3.63) is 41.3 Å². The maximum atomic E-state index is 13.5. The minimum absolute atomic E-state index is 0.131. The van der Waals surface area contributed by atoms with E-state index in [-0.39, 0.29) is 11.2 Å². The molecule has 0 aliphatic rings. The number of nitrogens with two attached hydrogens (primary N) is 1. The third-order valence-electron chi connectivity index (χ3n) is 2.81. The van der Waals surface area contributed by atoms with Gasteiger partial charge in [-0.05, 0) is 30.7 Å². The molecule has 0 saturated carbocycles. The van der Waals surface area contributed by atoms with Crippen molar-refractivity contribution in [2.24, 2.45) is 0 Å². The first-order chi connectivity index (χ1) is 8.75. The van der Waals surface area contributed by atoms with Gasteiger partial charge in [0.05, 0.1) is 5.69 Å². The quantitative estimate of drug-likeness (QED) is 0.853. The Morgan fingerprint density at radius 3 is 2.32 bits per heavy atom. The largest absolute Gasteiger partial charge is 0.384 e. The summed E-state index contributed by atoms with van der Waals surface area (Å²) in [4.78, 5) is 8.70. The van der Waals surface area contributed by atoms with Crippen LogP contribution in [0.15, 0.2) is 24.3 Å². The zero-order valence-electron chi connectivity index (χ0n) is 11.7. The van der Waals surface area contributed by atoms with E-state index in [9.17, 15) is 4.39 Å². The number of benzene rings is 1. The van der Waals surface area contributed by atoms with Gasteiger partial charge in [0.25, 0.3) is 0 Å². The van der Waals surface area contributed by atoms with Crippen molar-refractivity contribution in [2.75, 3.05) is 5.73 Å². The molecule has 0 unspecified atom stereocenters. The highest BCUT2D eigenvalue weighted by Crippen LogP contribution is 2.25. The Morgan fingerprint density at radius 1 is 1.05 bits per heavy atom. The first-order valence-corrected chi connectivity index (χ1v) is 6.18. The molecule has 4 heteroatoms. The fourth-order valence-electron chi connectivity index (χ4n) is 1.84. The van der Waals surface area contributed by atoms with Gasteiger partial charge in [0.1, 0.15) is 11.6 Å². The molecule has 3 nitrogen and oxygen atoms in total. The number of aromatic nitrogens is 2. The van der Waals surface area contributed by atoms with Gasteiger partial charge < -0.3 is 5.73 Å². The lowest BCUT2D eigenvalue weighted by Crippen LogP contribution is -2.15. The highest BCUT2D eigenvalue weighted by molar-refractivity contribution is 5.58. The molecule has 0 aliphatic carbocycles. The van der Waals surface area contributed by atoms with Gasteiger partial charge in [0, 0.05) is 17.0 Å². The number of hydrogen-bond acceptors (Lipinski definition) is 3. The Kier molecular flexibility index (Phi) is 3.27. The number of nitrogens with zero attached hydrogens (tertiary/aromatic N) is 2. The fraction of sp³-hybridized carbons (Fsp3) is 0.333. The molecule has 0 aliphatic heterocycles. The summed E-state index contributed by atoms with van der Waals surface area (Å²) >= 11 is 0. The zero-order valence-corrected chi connectivity index (χ0v) is 11.7. The number of anilines is 1. The predicted molar refractivity (Wildman–Crippen MR) is 75.3 cm³/mol. The molecular formula is C15H18FN3. The Morgan fingerprint density at radius 2 is 1.74 bits per heavy atom. The molecule has 100 valence electrons. The summed E-state index contributed by atoms with van der Waals surface area (Å²) in [5.74, 6) is 0.572. The van der Waals surface area contributed by atoms with Crippen LogP contribution in [0.25, 0.3) is 11.4 Å². The Hall–Kier alpha value is -1.97. The molecule has 2 N–H and O–H groups in total. The number of aryl methyl sites for hydroxylation is 1. The molecule has 1 aromatic heterocycles. The van der Waals surface area contributed by atoms with Crippen LogP contribution in [0, 0.1) is 12.7 Å². The molecule has 0 bridgehead atoms. The lowest BCUT2D eigenvalue weighted by atomic mass is 9.92. The van der Waals surface area contributed by atoms with Gasteiger partial charge in [-0.2, -0.15) is 0 Å². The van der Waals surface area contributed by atoms with Crippen LogP contribution in [0.3, 0.4) is 0 Å². The van der Waals surface area contributed by atoms with Crippen molar-refractivity contribution in [1.29, 1.82) is 0 Å². The van der Waals surface area contributed by atoms with E-state index < -0.39 is 0 Å². The molecule has 1 heterocycles. The summed E-state index contributed by atoms with van der Waals surface area (Å²) < 4.78 is 13.5. The van der Waals surface area contributed by atoms with Crippen LogP contribution in [0.4, 0.5) is 10.2 Å². The second-order valence-electron chi connectivity index (χ2n) is 5.77. The van der Waals surface area contributed by atoms with Crippen LogP contribution in [0.5, 0.6) is 0 Å². The minimum atomic E-state index is -0.293. The van der Waals surface area contributed by atoms with E-state index in [1.807, 2.05) is 13.0 Å². The Bertz CT molecular complexity index is 595. The van der Waals surface area contributed by atoms with E-state index in [1.54, 1.807) is 6.07 Å². The molecular weight excluding hydrogens is 241 g/mol. The lowest BCUT2D eigenvalue weighted by molar-refractivity contribution is 0.568. The van der Waals surface area contributed by atoms with Gasteiger partial charge in [-0.1, -0.05) is 20.8 Å². The molecule has 0 saturated heterocycles. The Labute approximate surface area is 112 Å². The molecule has 0 amide bonds. The molecule has 19 heavy (non-hydrogen) atoms. The Balaban J connectivity index is 2.59. The number of nitrogen functional groups attached to an aromatic ring is 1. The first kappa shape index (κ1) is 13.5. The number of rotatable bonds is 1. The molecule has 0 fully saturated rings. The van der Waals surface area contributed by atoms with Gasteiger partial charge >= 0.3 is 0 Å². The van der Waals surface area contributed by atoms with E-state index in [1.165, 1.54) is 12.1 Å². The van der Waals surface area contributed by atoms with Crippen LogP contribution in [0.2, 0.25) is 0 Å². The van der Waals surface area contributed by atoms with Crippen molar-refractivity contribution >= 4 is 5.82 Å². The average molecular weight is 259 g/mol. The van der Waals surface area contributed by atoms with Crippen LogP contribution in [0.1, 0.15) is 32.0 Å². The summed E-state index contributed by atoms with van der Waals surface area (Å²) in [6.07, 6.45) is 0. The maximum absolute atomic E-state index is 13.5. The van der Waals surface area contributed by atoms with Gasteiger partial charge in [0.2, 0.25) is 0 Å². The van der Waals surface area contributed by atoms with Crippen LogP contribution < -0.4 is 5.73 Å². The van der Waals surface area contributed by atoms with E-state index in [2.05, 4.69) is 30.7 Å². The fourth-order valence-corrected chi connectivity index (χ4v) is 1.84. The second-order valence-corrected chi connectivity index (χ2v) is 5.77. The van der Waals surface area contributed by atoms with Gasteiger partial charge in [-0.25, -0.2) is 14.4 Å². The molecule has 1 aromatic carbocycles. The first-order valence-electron chi connectivity index (χ1n) is 6.18. The molecule has 2 rings (SSSR count). The summed E-state index contributed by atoms with van der Waals surface area (Å²) in [6.45, 7) is 7.99. The van der Waals surface area contributed by atoms with E-state index in [0.29, 0.717) is 17.2 Å². The van der Waals surface area contributed by atoms with Gasteiger partial charge in [-0.15, -0.1) is 0 Å². The standard InChI is InChI=1S/C15H18FN3/c1-9-5-10(7-11(16)6-9)14-18-12(15(2,3)4)8-13(17)19-14/h5-8H,1-4H3,(H2,17,18,19). The van der Waals surface area contributed by atoms with Crippen LogP contribution in [-0.4, -0.2) is 9.97 Å². The predicted octanol–water partition coefficient (Wildman–Crippen LogP) is 3.47. The van der Waals surface area contributed by atoms with Crippen molar-refractivity contribution in [1.82, 2.24) is 9.97 Å². The van der Waals surface area contributed by atoms with Crippen molar-refractivity contribution in [2.45, 2.75) is 33.1 Å². The van der Waals surface area contributed by atoms with Gasteiger partial charge in [0.15, 0.2) is 5.82 Å². The van der Waals surface area contributed by atoms with E-state index >= 15 is 0 Å². The minimum Gasteiger partial charge on any atom is -0.384 e. The summed E-state index contributed by atoms with van der Waals surface area (Å²) in [7, 11) is 0. The van der Waals surface area contributed by atoms with Crippen LogP contribution in [-0.2, 0) is 5.41 Å². The van der Waals surface area contributed by atoms with Crippen LogP contribution >= 0.6 is 0 Å². The van der Waals surface area contributed by atoms with E-state index in [0.717, 1.165) is 11.3 Å². The van der Waals surface area contributed by atoms with E-state index in [4.69, 9.17) is 5.73 Å². The molecule has 2 aromatic rings. The molecule has 0 radical (unpaired) electrons.